The van der Waals surface area contributed by atoms with Gasteiger partial charge in [0.15, 0.2) is 5.82 Å². The fraction of sp³-hybridized carbons (Fsp3) is 0.692. The van der Waals surface area contributed by atoms with Crippen LogP contribution in [0.5, 0.6) is 0 Å². The molecule has 2 N–H and O–H groups in total. The second kappa shape index (κ2) is 6.11. The molecule has 1 fully saturated rings. The van der Waals surface area contributed by atoms with E-state index < -0.39 is 0 Å². The van der Waals surface area contributed by atoms with Gasteiger partial charge in [0.05, 0.1) is 6.54 Å². The first-order valence-corrected chi connectivity index (χ1v) is 6.73. The fourth-order valence-electron chi connectivity index (χ4n) is 2.37. The van der Waals surface area contributed by atoms with Gasteiger partial charge in [0, 0.05) is 38.1 Å². The number of hydrogen-bond acceptors (Lipinski definition) is 4. The zero-order chi connectivity index (χ0) is 13.0. The smallest absolute Gasteiger partial charge is 0.212 e. The number of imidazole rings is 1. The molecule has 1 aromatic rings. The van der Waals surface area contributed by atoms with Crippen LogP contribution in [0.4, 0.5) is 0 Å². The molecule has 0 saturated carbocycles. The van der Waals surface area contributed by atoms with Crippen molar-refractivity contribution in [2.45, 2.75) is 38.8 Å². The largest absolute Gasteiger partial charge is 0.328 e. The van der Waals surface area contributed by atoms with Crippen molar-refractivity contribution in [1.82, 2.24) is 14.5 Å². The number of aromatic nitrogens is 2. The van der Waals surface area contributed by atoms with Crippen molar-refractivity contribution in [3.63, 3.8) is 0 Å². The van der Waals surface area contributed by atoms with E-state index >= 15 is 0 Å². The van der Waals surface area contributed by atoms with Gasteiger partial charge in [0.1, 0.15) is 0 Å². The number of nitrogens with zero attached hydrogens (tertiary/aromatic N) is 3. The van der Waals surface area contributed by atoms with E-state index in [1.165, 1.54) is 0 Å². The van der Waals surface area contributed by atoms with Crippen molar-refractivity contribution in [3.05, 3.63) is 18.2 Å². The average molecular weight is 250 g/mol. The van der Waals surface area contributed by atoms with Gasteiger partial charge in [-0.25, -0.2) is 4.98 Å². The van der Waals surface area contributed by atoms with Crippen LogP contribution in [-0.2, 0) is 6.54 Å². The van der Waals surface area contributed by atoms with E-state index in [0.29, 0.717) is 18.4 Å². The lowest BCUT2D eigenvalue weighted by Crippen LogP contribution is -2.42. The molecule has 0 radical (unpaired) electrons. The first-order valence-electron chi connectivity index (χ1n) is 6.73. The van der Waals surface area contributed by atoms with Crippen LogP contribution in [0.15, 0.2) is 12.4 Å². The number of Topliss-reactive ketones (excluding diaryl/α,β-unsaturated/α-hetero) is 1. The van der Waals surface area contributed by atoms with E-state index in [1.54, 1.807) is 6.20 Å². The number of rotatable bonds is 5. The second-order valence-corrected chi connectivity index (χ2v) is 4.98. The van der Waals surface area contributed by atoms with Crippen LogP contribution in [0.2, 0.25) is 0 Å². The Morgan fingerprint density at radius 2 is 2.22 bits per heavy atom. The Hall–Kier alpha value is -1.20. The summed E-state index contributed by atoms with van der Waals surface area (Å²) in [5, 5.41) is 0. The van der Waals surface area contributed by atoms with E-state index in [0.717, 1.165) is 38.9 Å². The van der Waals surface area contributed by atoms with E-state index in [1.807, 2.05) is 10.8 Å². The quantitative estimate of drug-likeness (QED) is 0.789. The molecule has 0 unspecified atom stereocenters. The summed E-state index contributed by atoms with van der Waals surface area (Å²) < 4.78 is 1.94. The molecule has 0 amide bonds. The molecule has 100 valence electrons. The van der Waals surface area contributed by atoms with E-state index in [9.17, 15) is 4.79 Å². The van der Waals surface area contributed by atoms with Crippen molar-refractivity contribution in [2.75, 3.05) is 19.6 Å². The van der Waals surface area contributed by atoms with Gasteiger partial charge in [-0.15, -0.1) is 0 Å². The molecule has 5 heteroatoms. The fourth-order valence-corrected chi connectivity index (χ4v) is 2.37. The van der Waals surface area contributed by atoms with Gasteiger partial charge < -0.3 is 10.3 Å². The number of carbonyl (C=O) groups is 1. The minimum Gasteiger partial charge on any atom is -0.328 e. The third kappa shape index (κ3) is 3.17. The van der Waals surface area contributed by atoms with Crippen molar-refractivity contribution >= 4 is 5.78 Å². The van der Waals surface area contributed by atoms with Gasteiger partial charge in [0.25, 0.3) is 0 Å². The molecule has 5 nitrogen and oxygen atoms in total. The van der Waals surface area contributed by atoms with E-state index in [2.05, 4.69) is 16.8 Å². The summed E-state index contributed by atoms with van der Waals surface area (Å²) in [5.41, 5.74) is 5.86. The van der Waals surface area contributed by atoms with Gasteiger partial charge in [-0.05, 0) is 19.3 Å². The third-order valence-electron chi connectivity index (χ3n) is 3.43. The van der Waals surface area contributed by atoms with Crippen molar-refractivity contribution in [3.8, 4) is 0 Å². The maximum atomic E-state index is 12.2. The topological polar surface area (TPSA) is 64.2 Å². The molecule has 0 aliphatic carbocycles. The molecule has 0 atom stereocenters. The molecule has 1 aliphatic heterocycles. The summed E-state index contributed by atoms with van der Waals surface area (Å²) >= 11 is 0. The van der Waals surface area contributed by atoms with Crippen molar-refractivity contribution in [2.24, 2.45) is 5.73 Å². The van der Waals surface area contributed by atoms with Gasteiger partial charge in [0.2, 0.25) is 5.78 Å². The Morgan fingerprint density at radius 3 is 2.89 bits per heavy atom. The van der Waals surface area contributed by atoms with Gasteiger partial charge in [-0.2, -0.15) is 0 Å². The van der Waals surface area contributed by atoms with Crippen LogP contribution in [0.1, 0.15) is 36.8 Å². The number of nitrogens with two attached hydrogens (primary N) is 1. The van der Waals surface area contributed by atoms with Crippen LogP contribution < -0.4 is 5.73 Å². The summed E-state index contributed by atoms with van der Waals surface area (Å²) in [6.45, 7) is 5.25. The predicted molar refractivity (Wildman–Crippen MR) is 70.5 cm³/mol. The standard InChI is InChI=1S/C13H22N4O/c1-2-6-17-9-5-15-13(17)12(18)10-16-7-3-11(14)4-8-16/h5,9,11H,2-4,6-8,10,14H2,1H3. The Morgan fingerprint density at radius 1 is 1.50 bits per heavy atom. The average Bonchev–Trinajstić information content (AvgIpc) is 2.81. The summed E-state index contributed by atoms with van der Waals surface area (Å²) in [7, 11) is 0. The third-order valence-corrected chi connectivity index (χ3v) is 3.43. The van der Waals surface area contributed by atoms with Gasteiger partial charge in [-0.3, -0.25) is 9.69 Å². The number of ketones is 1. The minimum absolute atomic E-state index is 0.115. The predicted octanol–water partition coefficient (Wildman–Crippen LogP) is 0.899. The summed E-state index contributed by atoms with van der Waals surface area (Å²) in [6, 6.07) is 0.304. The summed E-state index contributed by atoms with van der Waals surface area (Å²) in [6.07, 6.45) is 6.56. The number of piperidine rings is 1. The Labute approximate surface area is 108 Å². The maximum absolute atomic E-state index is 12.2. The van der Waals surface area contributed by atoms with Crippen LogP contribution in [0, 0.1) is 0 Å². The SMILES string of the molecule is CCCn1ccnc1C(=O)CN1CCC(N)CC1. The normalized spacial score (nSPS) is 18.1. The van der Waals surface area contributed by atoms with Gasteiger partial charge >= 0.3 is 0 Å². The van der Waals surface area contributed by atoms with Gasteiger partial charge in [-0.1, -0.05) is 6.92 Å². The molecule has 0 aromatic carbocycles. The number of aryl methyl sites for hydroxylation is 1. The van der Waals surface area contributed by atoms with E-state index in [-0.39, 0.29) is 5.78 Å². The first-order chi connectivity index (χ1) is 8.70. The van der Waals surface area contributed by atoms with Crippen molar-refractivity contribution < 1.29 is 4.79 Å². The second-order valence-electron chi connectivity index (χ2n) is 4.98. The molecular formula is C13H22N4O. The zero-order valence-electron chi connectivity index (χ0n) is 11.0. The highest BCUT2D eigenvalue weighted by Crippen LogP contribution is 2.09. The van der Waals surface area contributed by atoms with Crippen LogP contribution >= 0.6 is 0 Å². The molecule has 2 rings (SSSR count). The monoisotopic (exact) mass is 250 g/mol. The lowest BCUT2D eigenvalue weighted by molar-refractivity contribution is 0.0895. The zero-order valence-corrected chi connectivity index (χ0v) is 11.0. The molecule has 18 heavy (non-hydrogen) atoms. The number of hydrogen-bond donors (Lipinski definition) is 1. The van der Waals surface area contributed by atoms with Crippen molar-refractivity contribution in [1.29, 1.82) is 0 Å². The van der Waals surface area contributed by atoms with Crippen LogP contribution in [0.3, 0.4) is 0 Å². The van der Waals surface area contributed by atoms with E-state index in [4.69, 9.17) is 5.73 Å². The molecule has 1 aliphatic rings. The summed E-state index contributed by atoms with van der Waals surface area (Å²) in [5.74, 6) is 0.704. The lowest BCUT2D eigenvalue weighted by Gasteiger charge is -2.29. The molecule has 0 bridgehead atoms. The Kier molecular flexibility index (Phi) is 4.49. The molecule has 0 spiro atoms. The molecule has 1 aromatic heterocycles. The number of likely N-dealkylation sites (tertiary alicyclic amines) is 1. The molecule has 2 heterocycles. The highest BCUT2D eigenvalue weighted by atomic mass is 16.1. The minimum atomic E-state index is 0.115. The highest BCUT2D eigenvalue weighted by molar-refractivity contribution is 5.94. The summed E-state index contributed by atoms with van der Waals surface area (Å²) in [4.78, 5) is 18.5. The molecule has 1 saturated heterocycles. The Bertz CT molecular complexity index is 393. The Balaban J connectivity index is 1.93. The van der Waals surface area contributed by atoms with Crippen LogP contribution in [-0.4, -0.2) is 45.9 Å². The molecular weight excluding hydrogens is 228 g/mol. The lowest BCUT2D eigenvalue weighted by atomic mass is 10.1. The maximum Gasteiger partial charge on any atom is 0.212 e. The highest BCUT2D eigenvalue weighted by Gasteiger charge is 2.20. The first kappa shape index (κ1) is 13.2. The number of carbonyl (C=O) groups excluding carboxylic acids is 1. The van der Waals surface area contributed by atoms with Crippen LogP contribution in [0.25, 0.3) is 0 Å².